The SMILES string of the molecule is CN(C)c1ccc(C(=O)Nc2ccc(CN3CCS(=O)(=O)CC3)cc2)cc1. The van der Waals surface area contributed by atoms with Gasteiger partial charge in [-0.2, -0.15) is 0 Å². The van der Waals surface area contributed by atoms with Crippen LogP contribution in [0.1, 0.15) is 15.9 Å². The zero-order chi connectivity index (χ0) is 19.4. The molecule has 7 heteroatoms. The standard InChI is InChI=1S/C20H25N3O3S/c1-22(2)19-9-5-17(6-10-19)20(24)21-18-7-3-16(4-8-18)15-23-11-13-27(25,26)14-12-23/h3-10H,11-15H2,1-2H3,(H,21,24). The van der Waals surface area contributed by atoms with E-state index in [0.29, 0.717) is 18.7 Å². The lowest BCUT2D eigenvalue weighted by Crippen LogP contribution is -2.39. The third kappa shape index (κ3) is 5.30. The molecule has 144 valence electrons. The van der Waals surface area contributed by atoms with Crippen molar-refractivity contribution in [3.05, 3.63) is 59.7 Å². The van der Waals surface area contributed by atoms with Crippen LogP contribution in [0.2, 0.25) is 0 Å². The molecule has 0 aromatic heterocycles. The van der Waals surface area contributed by atoms with E-state index in [9.17, 15) is 13.2 Å². The summed E-state index contributed by atoms with van der Waals surface area (Å²) in [6, 6.07) is 15.1. The molecule has 2 aromatic carbocycles. The van der Waals surface area contributed by atoms with Crippen molar-refractivity contribution in [2.24, 2.45) is 0 Å². The van der Waals surface area contributed by atoms with Crippen LogP contribution in [0.15, 0.2) is 48.5 Å². The third-order valence-corrected chi connectivity index (χ3v) is 6.31. The summed E-state index contributed by atoms with van der Waals surface area (Å²) in [5, 5.41) is 2.90. The number of nitrogens with one attached hydrogen (secondary N) is 1. The van der Waals surface area contributed by atoms with Gasteiger partial charge in [-0.1, -0.05) is 12.1 Å². The van der Waals surface area contributed by atoms with Gasteiger partial charge >= 0.3 is 0 Å². The van der Waals surface area contributed by atoms with Gasteiger partial charge in [0, 0.05) is 50.7 Å². The van der Waals surface area contributed by atoms with E-state index in [0.717, 1.165) is 23.5 Å². The highest BCUT2D eigenvalue weighted by molar-refractivity contribution is 7.91. The normalized spacial score (nSPS) is 16.7. The molecule has 1 N–H and O–H groups in total. The van der Waals surface area contributed by atoms with E-state index in [1.54, 1.807) is 0 Å². The van der Waals surface area contributed by atoms with Crippen LogP contribution >= 0.6 is 0 Å². The van der Waals surface area contributed by atoms with E-state index < -0.39 is 9.84 Å². The second-order valence-corrected chi connectivity index (χ2v) is 9.32. The number of carbonyl (C=O) groups is 1. The van der Waals surface area contributed by atoms with Crippen molar-refractivity contribution in [2.45, 2.75) is 6.54 Å². The average Bonchev–Trinajstić information content (AvgIpc) is 2.65. The van der Waals surface area contributed by atoms with Crippen molar-refractivity contribution >= 4 is 27.1 Å². The third-order valence-electron chi connectivity index (χ3n) is 4.70. The molecule has 3 rings (SSSR count). The van der Waals surface area contributed by atoms with Crippen molar-refractivity contribution in [3.8, 4) is 0 Å². The van der Waals surface area contributed by atoms with Gasteiger partial charge in [-0.3, -0.25) is 9.69 Å². The lowest BCUT2D eigenvalue weighted by atomic mass is 10.1. The number of rotatable bonds is 5. The maximum atomic E-state index is 12.4. The minimum Gasteiger partial charge on any atom is -0.378 e. The highest BCUT2D eigenvalue weighted by Gasteiger charge is 2.21. The topological polar surface area (TPSA) is 69.7 Å². The van der Waals surface area contributed by atoms with Crippen LogP contribution in [-0.2, 0) is 16.4 Å². The summed E-state index contributed by atoms with van der Waals surface area (Å²) in [5.41, 5.74) is 3.49. The first-order valence-corrected chi connectivity index (χ1v) is 10.7. The van der Waals surface area contributed by atoms with Crippen LogP contribution in [0, 0.1) is 0 Å². The zero-order valence-corrected chi connectivity index (χ0v) is 16.5. The highest BCUT2D eigenvalue weighted by atomic mass is 32.2. The van der Waals surface area contributed by atoms with E-state index in [2.05, 4.69) is 10.2 Å². The van der Waals surface area contributed by atoms with Gasteiger partial charge < -0.3 is 10.2 Å². The lowest BCUT2D eigenvalue weighted by Gasteiger charge is -2.26. The molecule has 0 bridgehead atoms. The molecule has 0 aliphatic carbocycles. The van der Waals surface area contributed by atoms with Crippen molar-refractivity contribution in [3.63, 3.8) is 0 Å². The zero-order valence-electron chi connectivity index (χ0n) is 15.7. The maximum absolute atomic E-state index is 12.4. The quantitative estimate of drug-likeness (QED) is 0.852. The second-order valence-electron chi connectivity index (χ2n) is 7.02. The van der Waals surface area contributed by atoms with Crippen LogP contribution in [0.5, 0.6) is 0 Å². The Kier molecular flexibility index (Phi) is 5.82. The molecule has 1 aliphatic rings. The van der Waals surface area contributed by atoms with Crippen LogP contribution < -0.4 is 10.2 Å². The lowest BCUT2D eigenvalue weighted by molar-refractivity contribution is 0.102. The Labute approximate surface area is 160 Å². The maximum Gasteiger partial charge on any atom is 0.255 e. The summed E-state index contributed by atoms with van der Waals surface area (Å²) in [5.74, 6) is 0.316. The molecule has 1 heterocycles. The van der Waals surface area contributed by atoms with Gasteiger partial charge in [-0.05, 0) is 42.0 Å². The molecule has 1 fully saturated rings. The number of nitrogens with zero attached hydrogens (tertiary/aromatic N) is 2. The van der Waals surface area contributed by atoms with Gasteiger partial charge in [-0.25, -0.2) is 8.42 Å². The number of hydrogen-bond donors (Lipinski definition) is 1. The first kappa shape index (κ1) is 19.4. The summed E-state index contributed by atoms with van der Waals surface area (Å²) in [6.45, 7) is 1.86. The van der Waals surface area contributed by atoms with Crippen LogP contribution in [0.25, 0.3) is 0 Å². The van der Waals surface area contributed by atoms with E-state index >= 15 is 0 Å². The first-order valence-electron chi connectivity index (χ1n) is 8.93. The molecule has 2 aromatic rings. The van der Waals surface area contributed by atoms with Crippen LogP contribution in [0.3, 0.4) is 0 Å². The van der Waals surface area contributed by atoms with Gasteiger partial charge in [0.2, 0.25) is 0 Å². The van der Waals surface area contributed by atoms with Gasteiger partial charge in [-0.15, -0.1) is 0 Å². The molecule has 0 radical (unpaired) electrons. The van der Waals surface area contributed by atoms with Gasteiger partial charge in [0.25, 0.3) is 5.91 Å². The van der Waals surface area contributed by atoms with Crippen molar-refractivity contribution in [2.75, 3.05) is 48.9 Å². The molecular weight excluding hydrogens is 362 g/mol. The smallest absolute Gasteiger partial charge is 0.255 e. The number of hydrogen-bond acceptors (Lipinski definition) is 5. The number of benzene rings is 2. The van der Waals surface area contributed by atoms with Gasteiger partial charge in [0.15, 0.2) is 9.84 Å². The van der Waals surface area contributed by atoms with Crippen molar-refractivity contribution in [1.29, 1.82) is 0 Å². The summed E-state index contributed by atoms with van der Waals surface area (Å²) < 4.78 is 23.0. The van der Waals surface area contributed by atoms with E-state index in [1.165, 1.54) is 0 Å². The molecule has 1 aliphatic heterocycles. The van der Waals surface area contributed by atoms with E-state index in [4.69, 9.17) is 0 Å². The largest absolute Gasteiger partial charge is 0.378 e. The van der Waals surface area contributed by atoms with Gasteiger partial charge in [0.1, 0.15) is 0 Å². The van der Waals surface area contributed by atoms with E-state index in [1.807, 2.05) is 67.5 Å². The molecule has 0 saturated carbocycles. The first-order chi connectivity index (χ1) is 12.8. The van der Waals surface area contributed by atoms with Gasteiger partial charge in [0.05, 0.1) is 11.5 Å². The minimum absolute atomic E-state index is 0.144. The van der Waals surface area contributed by atoms with Crippen LogP contribution in [0.4, 0.5) is 11.4 Å². The fourth-order valence-corrected chi connectivity index (χ4v) is 4.25. The monoisotopic (exact) mass is 387 g/mol. The Hall–Kier alpha value is -2.38. The number of sulfone groups is 1. The molecule has 1 saturated heterocycles. The summed E-state index contributed by atoms with van der Waals surface area (Å²) in [4.78, 5) is 16.5. The molecule has 6 nitrogen and oxygen atoms in total. The number of amides is 1. The summed E-state index contributed by atoms with van der Waals surface area (Å²) in [7, 11) is 1.06. The second kappa shape index (κ2) is 8.10. The van der Waals surface area contributed by atoms with Crippen molar-refractivity contribution in [1.82, 2.24) is 4.90 Å². The summed E-state index contributed by atoms with van der Waals surface area (Å²) >= 11 is 0. The fraction of sp³-hybridized carbons (Fsp3) is 0.350. The number of anilines is 2. The fourth-order valence-electron chi connectivity index (χ4n) is 2.97. The molecule has 0 unspecified atom stereocenters. The highest BCUT2D eigenvalue weighted by Crippen LogP contribution is 2.16. The predicted octanol–water partition coefficient (Wildman–Crippen LogP) is 2.24. The molecule has 0 spiro atoms. The van der Waals surface area contributed by atoms with E-state index in [-0.39, 0.29) is 17.4 Å². The van der Waals surface area contributed by atoms with Crippen LogP contribution in [-0.4, -0.2) is 57.9 Å². The number of carbonyl (C=O) groups excluding carboxylic acids is 1. The molecule has 27 heavy (non-hydrogen) atoms. The molecule has 0 atom stereocenters. The molecular formula is C20H25N3O3S. The Balaban J connectivity index is 1.56. The van der Waals surface area contributed by atoms with Crippen molar-refractivity contribution < 1.29 is 13.2 Å². The Bertz CT molecular complexity index is 877. The average molecular weight is 388 g/mol. The molecule has 1 amide bonds. The summed E-state index contributed by atoms with van der Waals surface area (Å²) in [6.07, 6.45) is 0. The Morgan fingerprint density at radius 1 is 1.00 bits per heavy atom. The minimum atomic E-state index is -2.85. The predicted molar refractivity (Wildman–Crippen MR) is 109 cm³/mol. The Morgan fingerprint density at radius 2 is 1.59 bits per heavy atom. The Morgan fingerprint density at radius 3 is 2.15 bits per heavy atom.